The molecule has 0 amide bonds. The van der Waals surface area contributed by atoms with Gasteiger partial charge in [0.15, 0.2) is 0 Å². The van der Waals surface area contributed by atoms with E-state index in [4.69, 9.17) is 0 Å². The van der Waals surface area contributed by atoms with Gasteiger partial charge in [0.2, 0.25) is 0 Å². The smallest absolute Gasteiger partial charge is 0.372 e. The fourth-order valence-electron chi connectivity index (χ4n) is 1.92. The van der Waals surface area contributed by atoms with Crippen LogP contribution in [0.4, 0.5) is 5.69 Å². The van der Waals surface area contributed by atoms with E-state index in [9.17, 15) is 19.7 Å². The predicted molar refractivity (Wildman–Crippen MR) is 72.9 cm³/mol. The third-order valence-corrected chi connectivity index (χ3v) is 3.03. The van der Waals surface area contributed by atoms with Crippen LogP contribution in [0.2, 0.25) is 0 Å². The van der Waals surface area contributed by atoms with Gasteiger partial charge in [-0.1, -0.05) is 13.8 Å². The predicted octanol–water partition coefficient (Wildman–Crippen LogP) is 1.91. The number of nitro benzene ring substituents is 1. The average Bonchev–Trinajstić information content (AvgIpc) is 2.37. The molecule has 7 heteroatoms. The molecule has 0 spiro atoms. The fraction of sp³-hybridized carbons (Fsp3) is 0.385. The standard InChI is InChI=1S/C13H14N2O5/c1-8(2)5-6-14-11-4-3-9(15(18)19)7-10(11)12(16)20-13(14)17/h3-4,7-8H,5-6H2,1-2H3. The monoisotopic (exact) mass is 278 g/mol. The minimum atomic E-state index is -0.852. The van der Waals surface area contributed by atoms with Crippen molar-refractivity contribution in [2.24, 2.45) is 5.92 Å². The second-order valence-electron chi connectivity index (χ2n) is 4.95. The summed E-state index contributed by atoms with van der Waals surface area (Å²) in [7, 11) is 0. The fourth-order valence-corrected chi connectivity index (χ4v) is 1.92. The Morgan fingerprint density at radius 2 is 2.05 bits per heavy atom. The molecule has 0 aliphatic rings. The highest BCUT2D eigenvalue weighted by molar-refractivity contribution is 5.80. The Labute approximate surface area is 113 Å². The topological polar surface area (TPSA) is 95.3 Å². The molecule has 0 fully saturated rings. The number of fused-ring (bicyclic) bond motifs is 1. The maximum Gasteiger partial charge on any atom is 0.422 e. The van der Waals surface area contributed by atoms with E-state index in [1.54, 1.807) is 0 Å². The van der Waals surface area contributed by atoms with Crippen molar-refractivity contribution in [1.82, 2.24) is 4.57 Å². The molecule has 1 aromatic heterocycles. The van der Waals surface area contributed by atoms with E-state index in [2.05, 4.69) is 4.42 Å². The van der Waals surface area contributed by atoms with Crippen molar-refractivity contribution in [3.63, 3.8) is 0 Å². The first kappa shape index (κ1) is 14.0. The van der Waals surface area contributed by atoms with Gasteiger partial charge >= 0.3 is 11.4 Å². The van der Waals surface area contributed by atoms with E-state index >= 15 is 0 Å². The van der Waals surface area contributed by atoms with Crippen LogP contribution in [-0.4, -0.2) is 9.49 Å². The zero-order valence-corrected chi connectivity index (χ0v) is 11.2. The molecule has 106 valence electrons. The quantitative estimate of drug-likeness (QED) is 0.628. The molecule has 0 bridgehead atoms. The second kappa shape index (κ2) is 5.28. The zero-order chi connectivity index (χ0) is 14.9. The van der Waals surface area contributed by atoms with Gasteiger partial charge in [0.25, 0.3) is 5.69 Å². The number of non-ortho nitro benzene ring substituents is 1. The first-order valence-corrected chi connectivity index (χ1v) is 6.22. The molecule has 7 nitrogen and oxygen atoms in total. The van der Waals surface area contributed by atoms with Crippen LogP contribution in [0.5, 0.6) is 0 Å². The lowest BCUT2D eigenvalue weighted by Crippen LogP contribution is -2.25. The van der Waals surface area contributed by atoms with Crippen molar-refractivity contribution in [2.75, 3.05) is 0 Å². The molecular weight excluding hydrogens is 264 g/mol. The molecule has 0 saturated heterocycles. The molecule has 0 aliphatic heterocycles. The summed E-state index contributed by atoms with van der Waals surface area (Å²) in [6.07, 6.45) is 0.736. The number of aryl methyl sites for hydroxylation is 1. The number of hydrogen-bond acceptors (Lipinski definition) is 5. The number of nitro groups is 1. The van der Waals surface area contributed by atoms with Crippen LogP contribution >= 0.6 is 0 Å². The van der Waals surface area contributed by atoms with E-state index < -0.39 is 16.3 Å². The van der Waals surface area contributed by atoms with Gasteiger partial charge in [0.1, 0.15) is 0 Å². The SMILES string of the molecule is CC(C)CCn1c(=O)oc(=O)c2cc([N+](=O)[O-])ccc21. The Morgan fingerprint density at radius 1 is 1.35 bits per heavy atom. The van der Waals surface area contributed by atoms with Crippen LogP contribution in [0.25, 0.3) is 10.9 Å². The third kappa shape index (κ3) is 2.61. The van der Waals surface area contributed by atoms with Crippen molar-refractivity contribution in [3.8, 4) is 0 Å². The summed E-state index contributed by atoms with van der Waals surface area (Å²) in [5.74, 6) is -0.362. The summed E-state index contributed by atoms with van der Waals surface area (Å²) < 4.78 is 5.95. The molecule has 0 aliphatic carbocycles. The molecule has 2 aromatic rings. The summed E-state index contributed by atoms with van der Waals surface area (Å²) in [5.41, 5.74) is -0.703. The summed E-state index contributed by atoms with van der Waals surface area (Å²) in [6, 6.07) is 3.81. The Kier molecular flexibility index (Phi) is 3.69. The van der Waals surface area contributed by atoms with Crippen LogP contribution in [0, 0.1) is 16.0 Å². The number of hydrogen-bond donors (Lipinski definition) is 0. The van der Waals surface area contributed by atoms with Gasteiger partial charge in [-0.25, -0.2) is 9.59 Å². The molecule has 0 atom stereocenters. The van der Waals surface area contributed by atoms with Gasteiger partial charge < -0.3 is 4.42 Å². The summed E-state index contributed by atoms with van der Waals surface area (Å²) in [5, 5.41) is 10.8. The van der Waals surface area contributed by atoms with E-state index in [1.807, 2.05) is 13.8 Å². The minimum Gasteiger partial charge on any atom is -0.372 e. The van der Waals surface area contributed by atoms with Crippen molar-refractivity contribution in [1.29, 1.82) is 0 Å². The third-order valence-electron chi connectivity index (χ3n) is 3.03. The molecule has 0 saturated carbocycles. The second-order valence-corrected chi connectivity index (χ2v) is 4.95. The van der Waals surface area contributed by atoms with E-state index in [-0.39, 0.29) is 11.1 Å². The highest BCUT2D eigenvalue weighted by Crippen LogP contribution is 2.17. The van der Waals surface area contributed by atoms with Crippen LogP contribution in [-0.2, 0) is 6.54 Å². The molecular formula is C13H14N2O5. The highest BCUT2D eigenvalue weighted by Gasteiger charge is 2.14. The highest BCUT2D eigenvalue weighted by atomic mass is 16.6. The molecule has 0 unspecified atom stereocenters. The van der Waals surface area contributed by atoms with Crippen molar-refractivity contribution >= 4 is 16.6 Å². The largest absolute Gasteiger partial charge is 0.422 e. The number of aromatic nitrogens is 1. The van der Waals surface area contributed by atoms with Crippen LogP contribution in [0.3, 0.4) is 0 Å². The normalized spacial score (nSPS) is 11.2. The van der Waals surface area contributed by atoms with Gasteiger partial charge in [0.05, 0.1) is 15.8 Å². The van der Waals surface area contributed by atoms with Crippen LogP contribution < -0.4 is 11.4 Å². The Hall–Kier alpha value is -2.44. The first-order chi connectivity index (χ1) is 9.40. The lowest BCUT2D eigenvalue weighted by Gasteiger charge is -2.09. The number of nitrogens with zero attached hydrogens (tertiary/aromatic N) is 2. The molecule has 1 aromatic carbocycles. The van der Waals surface area contributed by atoms with E-state index in [0.717, 1.165) is 12.5 Å². The minimum absolute atomic E-state index is 0.0440. The summed E-state index contributed by atoms with van der Waals surface area (Å²) in [6.45, 7) is 4.42. The van der Waals surface area contributed by atoms with Crippen molar-refractivity contribution in [3.05, 3.63) is 49.3 Å². The lowest BCUT2D eigenvalue weighted by molar-refractivity contribution is -0.384. The zero-order valence-electron chi connectivity index (χ0n) is 11.2. The molecule has 0 N–H and O–H groups in total. The molecule has 0 radical (unpaired) electrons. The van der Waals surface area contributed by atoms with Gasteiger partial charge in [0, 0.05) is 18.7 Å². The molecule has 20 heavy (non-hydrogen) atoms. The first-order valence-electron chi connectivity index (χ1n) is 6.22. The maximum absolute atomic E-state index is 11.7. The Balaban J connectivity index is 2.66. The van der Waals surface area contributed by atoms with Gasteiger partial charge in [-0.15, -0.1) is 0 Å². The lowest BCUT2D eigenvalue weighted by atomic mass is 10.1. The maximum atomic E-state index is 11.7. The van der Waals surface area contributed by atoms with Gasteiger partial charge in [-0.2, -0.15) is 0 Å². The molecule has 2 rings (SSSR count). The van der Waals surface area contributed by atoms with Gasteiger partial charge in [-0.05, 0) is 18.4 Å². The number of rotatable bonds is 4. The van der Waals surface area contributed by atoms with Crippen molar-refractivity contribution < 1.29 is 9.34 Å². The summed E-state index contributed by atoms with van der Waals surface area (Å²) in [4.78, 5) is 33.5. The van der Waals surface area contributed by atoms with E-state index in [1.165, 1.54) is 16.7 Å². The molecule has 1 heterocycles. The van der Waals surface area contributed by atoms with E-state index in [0.29, 0.717) is 18.0 Å². The Bertz CT molecular complexity index is 772. The Morgan fingerprint density at radius 3 is 2.65 bits per heavy atom. The number of benzene rings is 1. The van der Waals surface area contributed by atoms with Crippen molar-refractivity contribution in [2.45, 2.75) is 26.8 Å². The van der Waals surface area contributed by atoms with Gasteiger partial charge in [-0.3, -0.25) is 14.7 Å². The summed E-state index contributed by atoms with van der Waals surface area (Å²) >= 11 is 0. The van der Waals surface area contributed by atoms with Crippen LogP contribution in [0.1, 0.15) is 20.3 Å². The average molecular weight is 278 g/mol. The van der Waals surface area contributed by atoms with Crippen LogP contribution in [0.15, 0.2) is 32.2 Å².